The number of alkyl halides is 3. The molecular formula is C13H14F3N3O4S. The smallest absolute Gasteiger partial charge is 0.317 e. The Morgan fingerprint density at radius 2 is 1.83 bits per heavy atom. The van der Waals surface area contributed by atoms with E-state index >= 15 is 0 Å². The number of carbonyl (C=O) groups is 1. The molecule has 0 saturated carbocycles. The molecule has 2 atom stereocenters. The van der Waals surface area contributed by atoms with Crippen LogP contribution in [-0.4, -0.2) is 33.0 Å². The molecule has 1 rings (SSSR count). The Kier molecular flexibility index (Phi) is 6.75. The highest BCUT2D eigenvalue weighted by atomic mass is 32.2. The summed E-state index contributed by atoms with van der Waals surface area (Å²) in [6.07, 6.45) is -3.07. The Bertz CT molecular complexity index is 702. The molecule has 0 radical (unpaired) electrons. The van der Waals surface area contributed by atoms with Gasteiger partial charge in [0.2, 0.25) is 10.0 Å². The number of hydrogen-bond donors (Lipinski definition) is 2. The van der Waals surface area contributed by atoms with Gasteiger partial charge in [-0.3, -0.25) is 0 Å². The fourth-order valence-corrected chi connectivity index (χ4v) is 2.75. The third-order valence-electron chi connectivity index (χ3n) is 2.83. The highest BCUT2D eigenvalue weighted by Crippen LogP contribution is 2.19. The number of hydrogen-bond acceptors (Lipinski definition) is 6. The number of halogens is 3. The minimum Gasteiger partial charge on any atom is -0.317 e. The Labute approximate surface area is 135 Å². The van der Waals surface area contributed by atoms with Crippen LogP contribution in [0.25, 0.3) is 0 Å². The quantitative estimate of drug-likeness (QED) is 0.413. The van der Waals surface area contributed by atoms with E-state index in [1.807, 2.05) is 4.72 Å². The summed E-state index contributed by atoms with van der Waals surface area (Å²) in [5.74, 6) is 0. The maximum atomic E-state index is 12.2. The van der Waals surface area contributed by atoms with Crippen LogP contribution in [0.5, 0.6) is 0 Å². The van der Waals surface area contributed by atoms with Gasteiger partial charge in [-0.2, -0.15) is 13.2 Å². The lowest BCUT2D eigenvalue weighted by molar-refractivity contribution is -0.136. The lowest BCUT2D eigenvalue weighted by Crippen LogP contribution is -2.37. The third kappa shape index (κ3) is 5.83. The summed E-state index contributed by atoms with van der Waals surface area (Å²) in [6.45, 7) is 0. The van der Waals surface area contributed by atoms with Gasteiger partial charge in [0.1, 0.15) is 18.0 Å². The van der Waals surface area contributed by atoms with Gasteiger partial charge in [-0.25, -0.2) is 13.1 Å². The van der Waals surface area contributed by atoms with Crippen molar-refractivity contribution in [3.63, 3.8) is 0 Å². The summed E-state index contributed by atoms with van der Waals surface area (Å²) >= 11 is 0. The normalized spacial score (nSPS) is 15.2. The predicted octanol–water partition coefficient (Wildman–Crippen LogP) is 1.77. The van der Waals surface area contributed by atoms with E-state index in [0.717, 1.165) is 18.2 Å². The van der Waals surface area contributed by atoms with Crippen molar-refractivity contribution in [3.8, 4) is 0 Å². The topological polar surface area (TPSA) is 119 Å². The largest absolute Gasteiger partial charge is 0.407 e. The van der Waals surface area contributed by atoms with Crippen molar-refractivity contribution in [1.29, 1.82) is 0 Å². The van der Waals surface area contributed by atoms with E-state index in [4.69, 9.17) is 5.73 Å². The molecule has 0 amide bonds. The zero-order valence-corrected chi connectivity index (χ0v) is 12.9. The second-order valence-electron chi connectivity index (χ2n) is 4.68. The molecule has 132 valence electrons. The van der Waals surface area contributed by atoms with Crippen LogP contribution in [0, 0.1) is 4.91 Å². The lowest BCUT2D eigenvalue weighted by Gasteiger charge is -2.13. The molecule has 0 spiro atoms. The number of nitrogens with one attached hydrogen (secondary N) is 1. The molecule has 1 aromatic carbocycles. The number of carbonyl (C=O) groups excluding carboxylic acids is 1. The molecule has 1 unspecified atom stereocenters. The standard InChI is InChI=1S/C13H14F3N3O4S/c14-13(15,16)12(17)3-1-2-10(8-20)19-24(22,23)11-6-4-9(18-21)5-7-11/h1,3-8,10,12,19H,2,17H2/b3-1+/t10-,12?/m0/s1. The number of nitrogens with two attached hydrogens (primary N) is 1. The fraction of sp³-hybridized carbons (Fsp3) is 0.308. The number of rotatable bonds is 8. The first kappa shape index (κ1) is 19.9. The molecule has 0 saturated heterocycles. The van der Waals surface area contributed by atoms with Gasteiger partial charge >= 0.3 is 6.18 Å². The maximum Gasteiger partial charge on any atom is 0.407 e. The molecule has 0 aliphatic rings. The van der Waals surface area contributed by atoms with Crippen molar-refractivity contribution >= 4 is 22.0 Å². The summed E-state index contributed by atoms with van der Waals surface area (Å²) in [6, 6.07) is 1.08. The molecule has 0 aromatic heterocycles. The van der Waals surface area contributed by atoms with Gasteiger partial charge in [0, 0.05) is 0 Å². The zero-order chi connectivity index (χ0) is 18.4. The molecule has 0 heterocycles. The Balaban J connectivity index is 2.77. The molecule has 0 bridgehead atoms. The molecule has 0 aliphatic carbocycles. The number of benzene rings is 1. The van der Waals surface area contributed by atoms with Crippen LogP contribution in [0.1, 0.15) is 6.42 Å². The molecule has 7 nitrogen and oxygen atoms in total. The predicted molar refractivity (Wildman–Crippen MR) is 79.9 cm³/mol. The van der Waals surface area contributed by atoms with E-state index in [9.17, 15) is 31.3 Å². The highest BCUT2D eigenvalue weighted by Gasteiger charge is 2.34. The van der Waals surface area contributed by atoms with Gasteiger partial charge < -0.3 is 10.5 Å². The molecule has 24 heavy (non-hydrogen) atoms. The third-order valence-corrected chi connectivity index (χ3v) is 4.34. The highest BCUT2D eigenvalue weighted by molar-refractivity contribution is 7.89. The van der Waals surface area contributed by atoms with E-state index in [2.05, 4.69) is 5.18 Å². The van der Waals surface area contributed by atoms with Crippen LogP contribution in [0.15, 0.2) is 46.5 Å². The van der Waals surface area contributed by atoms with E-state index in [-0.39, 0.29) is 23.3 Å². The van der Waals surface area contributed by atoms with Crippen LogP contribution in [0.3, 0.4) is 0 Å². The van der Waals surface area contributed by atoms with E-state index in [1.54, 1.807) is 0 Å². The number of sulfonamides is 1. The number of aldehydes is 1. The summed E-state index contributed by atoms with van der Waals surface area (Å²) < 4.78 is 62.8. The summed E-state index contributed by atoms with van der Waals surface area (Å²) in [5, 5.41) is 2.61. The van der Waals surface area contributed by atoms with Gasteiger partial charge in [-0.1, -0.05) is 12.2 Å². The SMILES string of the molecule is NC(/C=C/C[C@@H](C=O)NS(=O)(=O)c1ccc(N=O)cc1)C(F)(F)F. The molecule has 3 N–H and O–H groups in total. The van der Waals surface area contributed by atoms with Crippen LogP contribution < -0.4 is 10.5 Å². The minimum atomic E-state index is -4.62. The Morgan fingerprint density at radius 3 is 2.29 bits per heavy atom. The van der Waals surface area contributed by atoms with Gasteiger partial charge in [0.25, 0.3) is 0 Å². The minimum absolute atomic E-state index is 0.0185. The van der Waals surface area contributed by atoms with Crippen molar-refractivity contribution in [3.05, 3.63) is 41.3 Å². The van der Waals surface area contributed by atoms with Gasteiger partial charge in [-0.15, -0.1) is 4.91 Å². The van der Waals surface area contributed by atoms with Gasteiger partial charge in [0.15, 0.2) is 0 Å². The van der Waals surface area contributed by atoms with Crippen molar-refractivity contribution < 1.29 is 26.4 Å². The van der Waals surface area contributed by atoms with Crippen LogP contribution in [0.2, 0.25) is 0 Å². The van der Waals surface area contributed by atoms with Crippen LogP contribution in [0.4, 0.5) is 18.9 Å². The average Bonchev–Trinajstić information content (AvgIpc) is 2.52. The first-order valence-electron chi connectivity index (χ1n) is 6.50. The molecule has 1 aromatic rings. The molecule has 0 aliphatic heterocycles. The van der Waals surface area contributed by atoms with Crippen molar-refractivity contribution in [1.82, 2.24) is 4.72 Å². The second kappa shape index (κ2) is 8.13. The first-order chi connectivity index (χ1) is 11.1. The molecule has 11 heteroatoms. The maximum absolute atomic E-state index is 12.2. The second-order valence-corrected chi connectivity index (χ2v) is 6.39. The molecular weight excluding hydrogens is 351 g/mol. The summed E-state index contributed by atoms with van der Waals surface area (Å²) in [7, 11) is -4.09. The molecule has 0 fully saturated rings. The van der Waals surface area contributed by atoms with Crippen LogP contribution >= 0.6 is 0 Å². The van der Waals surface area contributed by atoms with E-state index in [1.165, 1.54) is 12.1 Å². The number of nitrogens with zero attached hydrogens (tertiary/aromatic N) is 1. The average molecular weight is 365 g/mol. The lowest BCUT2D eigenvalue weighted by atomic mass is 10.2. The van der Waals surface area contributed by atoms with Gasteiger partial charge in [0.05, 0.1) is 10.9 Å². The van der Waals surface area contributed by atoms with E-state index < -0.39 is 28.3 Å². The Hall–Kier alpha value is -2.11. The van der Waals surface area contributed by atoms with Crippen molar-refractivity contribution in [2.75, 3.05) is 0 Å². The first-order valence-corrected chi connectivity index (χ1v) is 7.98. The van der Waals surface area contributed by atoms with E-state index in [0.29, 0.717) is 6.08 Å². The van der Waals surface area contributed by atoms with Gasteiger partial charge in [-0.05, 0) is 35.9 Å². The number of nitroso groups, excluding NO2 is 1. The monoisotopic (exact) mass is 365 g/mol. The van der Waals surface area contributed by atoms with Crippen molar-refractivity contribution in [2.24, 2.45) is 10.9 Å². The summed E-state index contributed by atoms with van der Waals surface area (Å²) in [5.41, 5.74) is 4.87. The fourth-order valence-electron chi connectivity index (χ4n) is 1.57. The zero-order valence-electron chi connectivity index (χ0n) is 12.1. The Morgan fingerprint density at radius 1 is 1.25 bits per heavy atom. The summed E-state index contributed by atoms with van der Waals surface area (Å²) in [4.78, 5) is 21.0. The van der Waals surface area contributed by atoms with Crippen LogP contribution in [-0.2, 0) is 14.8 Å². The van der Waals surface area contributed by atoms with Crippen molar-refractivity contribution in [2.45, 2.75) is 29.6 Å².